The van der Waals surface area contributed by atoms with Gasteiger partial charge in [-0.3, -0.25) is 14.5 Å². The fourth-order valence-corrected chi connectivity index (χ4v) is 5.88. The zero-order valence-corrected chi connectivity index (χ0v) is 23.1. The normalized spacial score (nSPS) is 19.3. The molecule has 0 saturated carbocycles. The minimum absolute atomic E-state index is 0.0307. The standard InChI is InChI=1S/C34H31F3N2O3/c1-33(26-7-3-2-4-8-26)21-25(19-20-39(33)22-31(40)41)23-13-17-28(18-14-23)38-32(42)30-10-6-5-9-29(30)24-11-15-27(16-12-24)34(35,36)37/h2-18,25H,19-22H2,1H3,(H,38,42)(H,40,41). The van der Waals surface area contributed by atoms with Crippen molar-refractivity contribution in [3.8, 4) is 11.1 Å². The molecule has 0 aliphatic carbocycles. The number of carbonyl (C=O) groups is 2. The van der Waals surface area contributed by atoms with Crippen molar-refractivity contribution in [2.45, 2.75) is 37.4 Å². The first kappa shape index (κ1) is 29.1. The number of likely N-dealkylation sites (tertiary alicyclic amines) is 1. The van der Waals surface area contributed by atoms with Crippen LogP contribution in [0.4, 0.5) is 18.9 Å². The Labute approximate surface area is 242 Å². The molecule has 1 fully saturated rings. The molecule has 0 aromatic heterocycles. The van der Waals surface area contributed by atoms with E-state index in [1.54, 1.807) is 24.3 Å². The van der Waals surface area contributed by atoms with Crippen LogP contribution in [0, 0.1) is 0 Å². The molecule has 2 atom stereocenters. The van der Waals surface area contributed by atoms with Crippen LogP contribution >= 0.6 is 0 Å². The molecule has 1 aliphatic rings. The molecular formula is C34H31F3N2O3. The molecular weight excluding hydrogens is 541 g/mol. The number of benzene rings is 4. The first-order valence-electron chi connectivity index (χ1n) is 13.7. The molecule has 1 saturated heterocycles. The number of hydrogen-bond donors (Lipinski definition) is 2. The minimum atomic E-state index is -4.43. The van der Waals surface area contributed by atoms with E-state index >= 15 is 0 Å². The largest absolute Gasteiger partial charge is 0.480 e. The highest BCUT2D eigenvalue weighted by molar-refractivity contribution is 6.08. The Kier molecular flexibility index (Phi) is 8.18. The predicted molar refractivity (Wildman–Crippen MR) is 156 cm³/mol. The number of hydrogen-bond acceptors (Lipinski definition) is 3. The Morgan fingerprint density at radius 3 is 2.19 bits per heavy atom. The van der Waals surface area contributed by atoms with Gasteiger partial charge < -0.3 is 10.4 Å². The quantitative estimate of drug-likeness (QED) is 0.237. The molecule has 42 heavy (non-hydrogen) atoms. The Morgan fingerprint density at radius 1 is 0.905 bits per heavy atom. The molecule has 216 valence electrons. The maximum atomic E-state index is 13.2. The average molecular weight is 573 g/mol. The van der Waals surface area contributed by atoms with Crippen LogP contribution in [0.15, 0.2) is 103 Å². The third-order valence-corrected chi connectivity index (χ3v) is 8.15. The third-order valence-electron chi connectivity index (χ3n) is 8.15. The van der Waals surface area contributed by atoms with Crippen LogP contribution in [0.25, 0.3) is 11.1 Å². The number of rotatable bonds is 7. The fraction of sp³-hybridized carbons (Fsp3) is 0.235. The molecule has 1 heterocycles. The van der Waals surface area contributed by atoms with Gasteiger partial charge in [0.25, 0.3) is 5.91 Å². The second kappa shape index (κ2) is 11.8. The topological polar surface area (TPSA) is 69.6 Å². The number of anilines is 1. The smallest absolute Gasteiger partial charge is 0.416 e. The highest BCUT2D eigenvalue weighted by Gasteiger charge is 2.41. The molecule has 5 rings (SSSR count). The monoisotopic (exact) mass is 572 g/mol. The lowest BCUT2D eigenvalue weighted by molar-refractivity contribution is -0.141. The zero-order valence-electron chi connectivity index (χ0n) is 23.1. The molecule has 1 aliphatic heterocycles. The van der Waals surface area contributed by atoms with E-state index in [0.29, 0.717) is 28.9 Å². The van der Waals surface area contributed by atoms with Crippen LogP contribution in [0.2, 0.25) is 0 Å². The first-order valence-corrected chi connectivity index (χ1v) is 13.7. The lowest BCUT2D eigenvalue weighted by Crippen LogP contribution is -2.51. The van der Waals surface area contributed by atoms with Gasteiger partial charge in [-0.25, -0.2) is 0 Å². The van der Waals surface area contributed by atoms with Gasteiger partial charge in [-0.15, -0.1) is 0 Å². The predicted octanol–water partition coefficient (Wildman–Crippen LogP) is 7.80. The number of nitrogens with one attached hydrogen (secondary N) is 1. The molecule has 0 spiro atoms. The van der Waals surface area contributed by atoms with Crippen molar-refractivity contribution in [3.05, 3.63) is 125 Å². The zero-order chi connectivity index (χ0) is 29.9. The summed E-state index contributed by atoms with van der Waals surface area (Å²) in [7, 11) is 0. The third kappa shape index (κ3) is 6.24. The van der Waals surface area contributed by atoms with Gasteiger partial charge in [-0.1, -0.05) is 72.8 Å². The lowest BCUT2D eigenvalue weighted by atomic mass is 9.74. The highest BCUT2D eigenvalue weighted by atomic mass is 19.4. The maximum absolute atomic E-state index is 13.2. The summed E-state index contributed by atoms with van der Waals surface area (Å²) in [5, 5.41) is 12.4. The number of nitrogens with zero attached hydrogens (tertiary/aromatic N) is 1. The summed E-state index contributed by atoms with van der Waals surface area (Å²) in [4.78, 5) is 26.9. The van der Waals surface area contributed by atoms with Crippen molar-refractivity contribution in [1.29, 1.82) is 0 Å². The minimum Gasteiger partial charge on any atom is -0.480 e. The summed E-state index contributed by atoms with van der Waals surface area (Å²) in [5.41, 5.74) is 2.99. The molecule has 0 bridgehead atoms. The lowest BCUT2D eigenvalue weighted by Gasteiger charge is -2.47. The van der Waals surface area contributed by atoms with Crippen LogP contribution < -0.4 is 5.32 Å². The van der Waals surface area contributed by atoms with Crippen LogP contribution in [0.1, 0.15) is 52.7 Å². The maximum Gasteiger partial charge on any atom is 0.416 e. The Bertz CT molecular complexity index is 1550. The molecule has 2 N–H and O–H groups in total. The van der Waals surface area contributed by atoms with Gasteiger partial charge in [0.05, 0.1) is 12.1 Å². The van der Waals surface area contributed by atoms with E-state index in [1.165, 1.54) is 12.1 Å². The van der Waals surface area contributed by atoms with E-state index in [2.05, 4.69) is 12.2 Å². The SMILES string of the molecule is CC1(c2ccccc2)CC(c2ccc(NC(=O)c3ccccc3-c3ccc(C(F)(F)F)cc3)cc2)CCN1CC(=O)O. The van der Waals surface area contributed by atoms with Gasteiger partial charge in [0, 0.05) is 23.3 Å². The summed E-state index contributed by atoms with van der Waals surface area (Å²) in [5.74, 6) is -1.02. The molecule has 5 nitrogen and oxygen atoms in total. The molecule has 8 heteroatoms. The summed E-state index contributed by atoms with van der Waals surface area (Å²) in [6.07, 6.45) is -2.88. The Hall–Kier alpha value is -4.43. The summed E-state index contributed by atoms with van der Waals surface area (Å²) < 4.78 is 39.0. The van der Waals surface area contributed by atoms with Gasteiger partial charge >= 0.3 is 12.1 Å². The Balaban J connectivity index is 1.32. The van der Waals surface area contributed by atoms with Crippen molar-refractivity contribution in [2.24, 2.45) is 0 Å². The van der Waals surface area contributed by atoms with Gasteiger partial charge in [0.15, 0.2) is 0 Å². The molecule has 2 unspecified atom stereocenters. The summed E-state index contributed by atoms with van der Waals surface area (Å²) in [6, 6.07) is 29.2. The number of carbonyl (C=O) groups excluding carboxylic acids is 1. The van der Waals surface area contributed by atoms with Crippen LogP contribution in [0.5, 0.6) is 0 Å². The average Bonchev–Trinajstić information content (AvgIpc) is 2.98. The van der Waals surface area contributed by atoms with Crippen molar-refractivity contribution in [3.63, 3.8) is 0 Å². The van der Waals surface area contributed by atoms with E-state index < -0.39 is 23.2 Å². The number of alkyl halides is 3. The second-order valence-corrected chi connectivity index (χ2v) is 10.8. The van der Waals surface area contributed by atoms with E-state index in [0.717, 1.165) is 36.1 Å². The number of amides is 1. The summed E-state index contributed by atoms with van der Waals surface area (Å²) in [6.45, 7) is 2.71. The van der Waals surface area contributed by atoms with E-state index in [4.69, 9.17) is 0 Å². The number of halogens is 3. The van der Waals surface area contributed by atoms with Crippen LogP contribution in [0.3, 0.4) is 0 Å². The van der Waals surface area contributed by atoms with Crippen LogP contribution in [-0.4, -0.2) is 35.0 Å². The van der Waals surface area contributed by atoms with Gasteiger partial charge in [0.2, 0.25) is 0 Å². The number of carboxylic acid groups (broad SMARTS) is 1. The van der Waals surface area contributed by atoms with E-state index in [9.17, 15) is 27.9 Å². The first-order chi connectivity index (χ1) is 20.0. The van der Waals surface area contributed by atoms with Crippen LogP contribution in [-0.2, 0) is 16.5 Å². The van der Waals surface area contributed by atoms with Crippen molar-refractivity contribution in [2.75, 3.05) is 18.4 Å². The van der Waals surface area contributed by atoms with Gasteiger partial charge in [-0.05, 0) is 78.3 Å². The number of carboxylic acids is 1. The van der Waals surface area contributed by atoms with Crippen molar-refractivity contribution >= 4 is 17.6 Å². The fourth-order valence-electron chi connectivity index (χ4n) is 5.88. The second-order valence-electron chi connectivity index (χ2n) is 10.8. The van der Waals surface area contributed by atoms with Crippen molar-refractivity contribution < 1.29 is 27.9 Å². The molecule has 4 aromatic carbocycles. The molecule has 4 aromatic rings. The highest BCUT2D eigenvalue weighted by Crippen LogP contribution is 2.44. The number of piperidine rings is 1. The number of aliphatic carboxylic acids is 1. The molecule has 1 amide bonds. The molecule has 0 radical (unpaired) electrons. The van der Waals surface area contributed by atoms with Crippen molar-refractivity contribution in [1.82, 2.24) is 4.90 Å². The van der Waals surface area contributed by atoms with Gasteiger partial charge in [0.1, 0.15) is 0 Å². The van der Waals surface area contributed by atoms with E-state index in [1.807, 2.05) is 59.5 Å². The van der Waals surface area contributed by atoms with Gasteiger partial charge in [-0.2, -0.15) is 13.2 Å². The Morgan fingerprint density at radius 2 is 1.55 bits per heavy atom. The van der Waals surface area contributed by atoms with E-state index in [-0.39, 0.29) is 18.4 Å². The summed E-state index contributed by atoms with van der Waals surface area (Å²) >= 11 is 0.